The molecule has 0 bridgehead atoms. The third-order valence-corrected chi connectivity index (χ3v) is 3.34. The summed E-state index contributed by atoms with van der Waals surface area (Å²) in [5, 5.41) is 7.51. The number of nitrogens with two attached hydrogens (primary N) is 1. The highest BCUT2D eigenvalue weighted by atomic mass is 35.5. The maximum Gasteiger partial charge on any atom is 0.0931 e. The van der Waals surface area contributed by atoms with Gasteiger partial charge in [0.25, 0.3) is 0 Å². The van der Waals surface area contributed by atoms with E-state index < -0.39 is 0 Å². The summed E-state index contributed by atoms with van der Waals surface area (Å²) in [7, 11) is 0. The second kappa shape index (κ2) is 4.70. The molecule has 2 aromatic rings. The molecule has 5 heteroatoms. The Morgan fingerprint density at radius 3 is 2.80 bits per heavy atom. The van der Waals surface area contributed by atoms with E-state index in [9.17, 15) is 0 Å². The van der Waals surface area contributed by atoms with E-state index in [0.717, 1.165) is 16.3 Å². The highest BCUT2D eigenvalue weighted by molar-refractivity contribution is 7.16. The Morgan fingerprint density at radius 2 is 2.20 bits per heavy atom. The predicted molar refractivity (Wildman–Crippen MR) is 62.0 cm³/mol. The summed E-state index contributed by atoms with van der Waals surface area (Å²) >= 11 is 7.41. The van der Waals surface area contributed by atoms with Gasteiger partial charge in [-0.05, 0) is 23.8 Å². The Morgan fingerprint density at radius 1 is 1.33 bits per heavy atom. The van der Waals surface area contributed by atoms with E-state index in [1.54, 1.807) is 23.7 Å². The summed E-state index contributed by atoms with van der Waals surface area (Å²) in [4.78, 5) is 1.18. The molecule has 1 atom stereocenters. The SMILES string of the molecule is NC(Cc1ccc(Cl)s1)c1ccnnc1. The van der Waals surface area contributed by atoms with Gasteiger partial charge in [0, 0.05) is 23.5 Å². The Balaban J connectivity index is 2.07. The van der Waals surface area contributed by atoms with E-state index in [4.69, 9.17) is 17.3 Å². The van der Waals surface area contributed by atoms with Crippen molar-refractivity contribution >= 4 is 22.9 Å². The van der Waals surface area contributed by atoms with Gasteiger partial charge in [-0.25, -0.2) is 0 Å². The number of rotatable bonds is 3. The van der Waals surface area contributed by atoms with E-state index in [-0.39, 0.29) is 6.04 Å². The first-order valence-corrected chi connectivity index (χ1v) is 5.71. The molecule has 0 aliphatic rings. The molecular formula is C10H10ClN3S. The van der Waals surface area contributed by atoms with Crippen LogP contribution in [0.15, 0.2) is 30.6 Å². The lowest BCUT2D eigenvalue weighted by atomic mass is 10.1. The number of hydrogen-bond acceptors (Lipinski definition) is 4. The minimum atomic E-state index is -0.0461. The Labute approximate surface area is 96.9 Å². The van der Waals surface area contributed by atoms with Crippen molar-refractivity contribution in [3.8, 4) is 0 Å². The predicted octanol–water partition coefficient (Wildman–Crippen LogP) is 2.43. The molecule has 0 saturated heterocycles. The minimum absolute atomic E-state index is 0.0461. The molecule has 0 saturated carbocycles. The van der Waals surface area contributed by atoms with Crippen molar-refractivity contribution in [2.45, 2.75) is 12.5 Å². The summed E-state index contributed by atoms with van der Waals surface area (Å²) in [5.74, 6) is 0. The molecule has 0 aromatic carbocycles. The van der Waals surface area contributed by atoms with Crippen molar-refractivity contribution in [2.75, 3.05) is 0 Å². The van der Waals surface area contributed by atoms with Crippen molar-refractivity contribution in [1.82, 2.24) is 10.2 Å². The van der Waals surface area contributed by atoms with Crippen LogP contribution in [0.2, 0.25) is 4.34 Å². The molecule has 0 aliphatic heterocycles. The van der Waals surface area contributed by atoms with Gasteiger partial charge in [0.1, 0.15) is 0 Å². The van der Waals surface area contributed by atoms with Crippen LogP contribution in [0.4, 0.5) is 0 Å². The van der Waals surface area contributed by atoms with E-state index in [1.807, 2.05) is 18.2 Å². The third kappa shape index (κ3) is 2.75. The van der Waals surface area contributed by atoms with Crippen molar-refractivity contribution in [1.29, 1.82) is 0 Å². The zero-order valence-corrected chi connectivity index (χ0v) is 9.50. The number of nitrogens with zero attached hydrogens (tertiary/aromatic N) is 2. The molecule has 0 amide bonds. The van der Waals surface area contributed by atoms with Crippen LogP contribution < -0.4 is 5.73 Å². The van der Waals surface area contributed by atoms with Crippen LogP contribution in [0.1, 0.15) is 16.5 Å². The molecule has 0 aliphatic carbocycles. The van der Waals surface area contributed by atoms with Crippen LogP contribution in [0.3, 0.4) is 0 Å². The molecule has 2 rings (SSSR count). The summed E-state index contributed by atoms with van der Waals surface area (Å²) in [6.45, 7) is 0. The number of thiophene rings is 1. The molecule has 0 spiro atoms. The first-order valence-electron chi connectivity index (χ1n) is 4.52. The molecule has 1 unspecified atom stereocenters. The van der Waals surface area contributed by atoms with Gasteiger partial charge in [-0.2, -0.15) is 10.2 Å². The fourth-order valence-electron chi connectivity index (χ4n) is 1.32. The lowest BCUT2D eigenvalue weighted by Crippen LogP contribution is -2.12. The van der Waals surface area contributed by atoms with Crippen molar-refractivity contribution < 1.29 is 0 Å². The van der Waals surface area contributed by atoms with Gasteiger partial charge in [-0.15, -0.1) is 11.3 Å². The molecule has 0 radical (unpaired) electrons. The first-order chi connectivity index (χ1) is 7.25. The summed E-state index contributed by atoms with van der Waals surface area (Å²) in [6, 6.07) is 5.73. The monoisotopic (exact) mass is 239 g/mol. The summed E-state index contributed by atoms with van der Waals surface area (Å²) in [6.07, 6.45) is 4.12. The van der Waals surface area contributed by atoms with Crippen LogP contribution in [-0.4, -0.2) is 10.2 Å². The van der Waals surface area contributed by atoms with E-state index >= 15 is 0 Å². The van der Waals surface area contributed by atoms with Crippen LogP contribution in [0.25, 0.3) is 0 Å². The molecule has 0 fully saturated rings. The zero-order chi connectivity index (χ0) is 10.7. The largest absolute Gasteiger partial charge is 0.324 e. The van der Waals surface area contributed by atoms with E-state index in [1.165, 1.54) is 4.88 Å². The second-order valence-electron chi connectivity index (χ2n) is 3.19. The van der Waals surface area contributed by atoms with Crippen LogP contribution in [0.5, 0.6) is 0 Å². The van der Waals surface area contributed by atoms with Gasteiger partial charge in [-0.1, -0.05) is 11.6 Å². The van der Waals surface area contributed by atoms with Crippen molar-refractivity contribution in [3.05, 3.63) is 45.4 Å². The average molecular weight is 240 g/mol. The van der Waals surface area contributed by atoms with Crippen molar-refractivity contribution in [2.24, 2.45) is 5.73 Å². The van der Waals surface area contributed by atoms with E-state index in [2.05, 4.69) is 10.2 Å². The molecule has 78 valence electrons. The number of aromatic nitrogens is 2. The highest BCUT2D eigenvalue weighted by Crippen LogP contribution is 2.25. The molecule has 3 nitrogen and oxygen atoms in total. The maximum absolute atomic E-state index is 6.03. The van der Waals surface area contributed by atoms with Gasteiger partial charge in [0.2, 0.25) is 0 Å². The lowest BCUT2D eigenvalue weighted by molar-refractivity contribution is 0.720. The minimum Gasteiger partial charge on any atom is -0.324 e. The van der Waals surface area contributed by atoms with Gasteiger partial charge in [0.15, 0.2) is 0 Å². The summed E-state index contributed by atoms with van der Waals surface area (Å²) < 4.78 is 0.796. The second-order valence-corrected chi connectivity index (χ2v) is 4.99. The summed E-state index contributed by atoms with van der Waals surface area (Å²) in [5.41, 5.74) is 7.03. The molecule has 2 heterocycles. The maximum atomic E-state index is 6.03. The zero-order valence-electron chi connectivity index (χ0n) is 7.93. The standard InChI is InChI=1S/C10H10ClN3S/c11-10-2-1-8(15-10)5-9(12)7-3-4-13-14-6-7/h1-4,6,9H,5,12H2. The molecular weight excluding hydrogens is 230 g/mol. The lowest BCUT2D eigenvalue weighted by Gasteiger charge is -2.08. The van der Waals surface area contributed by atoms with E-state index in [0.29, 0.717) is 0 Å². The smallest absolute Gasteiger partial charge is 0.0931 e. The quantitative estimate of drug-likeness (QED) is 0.895. The molecule has 2 aromatic heterocycles. The molecule has 15 heavy (non-hydrogen) atoms. The normalized spacial score (nSPS) is 12.7. The van der Waals surface area contributed by atoms with Gasteiger partial charge < -0.3 is 5.73 Å². The van der Waals surface area contributed by atoms with Crippen LogP contribution in [-0.2, 0) is 6.42 Å². The van der Waals surface area contributed by atoms with Gasteiger partial charge in [0.05, 0.1) is 10.5 Å². The Bertz CT molecular complexity index is 429. The Kier molecular flexibility index (Phi) is 3.30. The fraction of sp³-hybridized carbons (Fsp3) is 0.200. The van der Waals surface area contributed by atoms with Gasteiger partial charge in [-0.3, -0.25) is 0 Å². The Hall–Kier alpha value is -0.970. The third-order valence-electron chi connectivity index (χ3n) is 2.09. The van der Waals surface area contributed by atoms with Gasteiger partial charge >= 0.3 is 0 Å². The van der Waals surface area contributed by atoms with Crippen LogP contribution in [0, 0.1) is 0 Å². The first kappa shape index (κ1) is 10.5. The number of hydrogen-bond donors (Lipinski definition) is 1. The highest BCUT2D eigenvalue weighted by Gasteiger charge is 2.08. The molecule has 2 N–H and O–H groups in total. The van der Waals surface area contributed by atoms with Crippen molar-refractivity contribution in [3.63, 3.8) is 0 Å². The fourth-order valence-corrected chi connectivity index (χ4v) is 2.46. The van der Waals surface area contributed by atoms with Crippen LogP contribution >= 0.6 is 22.9 Å². The topological polar surface area (TPSA) is 51.8 Å². The average Bonchev–Trinajstić information content (AvgIpc) is 2.65. The number of halogens is 1.